The van der Waals surface area contributed by atoms with Gasteiger partial charge in [-0.2, -0.15) is 5.10 Å². The van der Waals surface area contributed by atoms with Crippen molar-refractivity contribution in [3.63, 3.8) is 0 Å². The van der Waals surface area contributed by atoms with E-state index < -0.39 is 16.0 Å². The number of carboxylic acids is 1. The molecule has 0 bridgehead atoms. The molecule has 1 aromatic heterocycles. The third-order valence-electron chi connectivity index (χ3n) is 5.41. The molecule has 1 aliphatic carbocycles. The van der Waals surface area contributed by atoms with Crippen LogP contribution in [0, 0.1) is 12.8 Å². The lowest BCUT2D eigenvalue weighted by Crippen LogP contribution is -2.32. The van der Waals surface area contributed by atoms with E-state index in [1.807, 2.05) is 20.8 Å². The van der Waals surface area contributed by atoms with Crippen LogP contribution in [-0.4, -0.2) is 41.2 Å². The third kappa shape index (κ3) is 5.53. The van der Waals surface area contributed by atoms with E-state index >= 15 is 0 Å². The fraction of sp³-hybridized carbons (Fsp3) is 0.500. The summed E-state index contributed by atoms with van der Waals surface area (Å²) in [6.45, 7) is 8.77. The minimum atomic E-state index is -4.01. The Kier molecular flexibility index (Phi) is 7.13. The predicted octanol–water partition coefficient (Wildman–Crippen LogP) is 3.69. The minimum absolute atomic E-state index is 0.00272. The van der Waals surface area contributed by atoms with Gasteiger partial charge in [0.25, 0.3) is 0 Å². The van der Waals surface area contributed by atoms with Crippen molar-refractivity contribution >= 4 is 27.6 Å². The number of anilines is 1. The van der Waals surface area contributed by atoms with E-state index in [0.717, 1.165) is 12.8 Å². The largest absolute Gasteiger partial charge is 0.476 e. The Labute approximate surface area is 193 Å². The number of aromatic nitrogens is 2. The Morgan fingerprint density at radius 2 is 1.94 bits per heavy atom. The van der Waals surface area contributed by atoms with Crippen LogP contribution in [0.4, 0.5) is 5.69 Å². The van der Waals surface area contributed by atoms with Crippen molar-refractivity contribution in [3.8, 4) is 11.6 Å². The molecular formula is C22H30N4O6S. The van der Waals surface area contributed by atoms with E-state index in [1.165, 1.54) is 16.8 Å². The summed E-state index contributed by atoms with van der Waals surface area (Å²) in [6.07, 6.45) is 2.21. The van der Waals surface area contributed by atoms with Crippen molar-refractivity contribution in [1.29, 1.82) is 0 Å². The average molecular weight is 479 g/mol. The molecule has 0 spiro atoms. The van der Waals surface area contributed by atoms with E-state index in [-0.39, 0.29) is 51.7 Å². The number of nitrogens with zero attached hydrogens (tertiary/aromatic N) is 2. The summed E-state index contributed by atoms with van der Waals surface area (Å²) in [5.41, 5.74) is 0.443. The molecule has 0 radical (unpaired) electrons. The first kappa shape index (κ1) is 24.7. The number of amides is 1. The van der Waals surface area contributed by atoms with Crippen molar-refractivity contribution < 1.29 is 27.9 Å². The molecule has 1 aliphatic rings. The van der Waals surface area contributed by atoms with Crippen LogP contribution < -0.4 is 14.8 Å². The smallest absolute Gasteiger partial charge is 0.356 e. The van der Waals surface area contributed by atoms with Gasteiger partial charge in [0.1, 0.15) is 10.6 Å². The SMILES string of the molecule is CC[C@@H](C)NS(=O)(=O)c1cc(NC(=O)C2CC2)ccc1Oc1c(C)c(C(=O)O)nn1C(C)C. The second kappa shape index (κ2) is 9.52. The molecule has 1 heterocycles. The number of carboxylic acid groups (broad SMARTS) is 1. The minimum Gasteiger partial charge on any atom is -0.476 e. The molecular weight excluding hydrogens is 448 g/mol. The van der Waals surface area contributed by atoms with Crippen molar-refractivity contribution in [1.82, 2.24) is 14.5 Å². The molecule has 3 N–H and O–H groups in total. The normalized spacial score (nSPS) is 14.8. The highest BCUT2D eigenvalue weighted by atomic mass is 32.2. The Hall–Kier alpha value is -2.92. The summed E-state index contributed by atoms with van der Waals surface area (Å²) >= 11 is 0. The number of benzene rings is 1. The maximum absolute atomic E-state index is 13.2. The topological polar surface area (TPSA) is 140 Å². The van der Waals surface area contributed by atoms with Crippen molar-refractivity contribution in [2.75, 3.05) is 5.32 Å². The first-order chi connectivity index (χ1) is 15.4. The van der Waals surface area contributed by atoms with Crippen LogP contribution in [0.15, 0.2) is 23.1 Å². The van der Waals surface area contributed by atoms with Crippen LogP contribution in [0.25, 0.3) is 0 Å². The van der Waals surface area contributed by atoms with Crippen LogP contribution in [0.3, 0.4) is 0 Å². The lowest BCUT2D eigenvalue weighted by molar-refractivity contribution is -0.117. The third-order valence-corrected chi connectivity index (χ3v) is 7.02. The summed E-state index contributed by atoms with van der Waals surface area (Å²) < 4.78 is 36.4. The maximum Gasteiger partial charge on any atom is 0.356 e. The monoisotopic (exact) mass is 478 g/mol. The van der Waals surface area contributed by atoms with Gasteiger partial charge in [-0.25, -0.2) is 22.6 Å². The molecule has 1 fully saturated rings. The first-order valence-electron chi connectivity index (χ1n) is 10.9. The molecule has 180 valence electrons. The van der Waals surface area contributed by atoms with E-state index in [2.05, 4.69) is 15.1 Å². The van der Waals surface area contributed by atoms with E-state index in [1.54, 1.807) is 19.9 Å². The fourth-order valence-corrected chi connectivity index (χ4v) is 4.64. The Morgan fingerprint density at radius 1 is 1.27 bits per heavy atom. The number of hydrogen-bond acceptors (Lipinski definition) is 6. The van der Waals surface area contributed by atoms with Crippen molar-refractivity contribution in [2.24, 2.45) is 5.92 Å². The molecule has 1 aromatic carbocycles. The molecule has 2 aromatic rings. The highest BCUT2D eigenvalue weighted by molar-refractivity contribution is 7.89. The van der Waals surface area contributed by atoms with Gasteiger partial charge in [0.15, 0.2) is 5.69 Å². The second-order valence-electron chi connectivity index (χ2n) is 8.58. The highest BCUT2D eigenvalue weighted by Crippen LogP contribution is 2.36. The Morgan fingerprint density at radius 3 is 2.48 bits per heavy atom. The summed E-state index contributed by atoms with van der Waals surface area (Å²) in [5, 5.41) is 16.3. The summed E-state index contributed by atoms with van der Waals surface area (Å²) in [5.74, 6) is -1.27. The number of ether oxygens (including phenoxy) is 1. The summed E-state index contributed by atoms with van der Waals surface area (Å²) in [6, 6.07) is 3.80. The fourth-order valence-electron chi connectivity index (χ4n) is 3.16. The molecule has 1 amide bonds. The number of sulfonamides is 1. The Bertz CT molecular complexity index is 1170. The standard InChI is InChI=1S/C22H30N4O6S/c1-6-13(4)25-33(30,31)18-11-16(23-20(27)15-7-8-15)9-10-17(18)32-21-14(5)19(22(28)29)24-26(21)12(2)3/h9-13,15,25H,6-8H2,1-5H3,(H,23,27)(H,28,29)/t13-/m1/s1. The number of hydrogen-bond donors (Lipinski definition) is 3. The quantitative estimate of drug-likeness (QED) is 0.473. The van der Waals surface area contributed by atoms with Crippen LogP contribution in [-0.2, 0) is 14.8 Å². The predicted molar refractivity (Wildman–Crippen MR) is 122 cm³/mol. The summed E-state index contributed by atoms with van der Waals surface area (Å²) in [4.78, 5) is 23.6. The van der Waals surface area contributed by atoms with Crippen LogP contribution in [0.2, 0.25) is 0 Å². The van der Waals surface area contributed by atoms with E-state index in [9.17, 15) is 23.1 Å². The van der Waals surface area contributed by atoms with Crippen molar-refractivity contribution in [2.45, 2.75) is 70.9 Å². The van der Waals surface area contributed by atoms with Gasteiger partial charge < -0.3 is 15.2 Å². The lowest BCUT2D eigenvalue weighted by atomic mass is 10.2. The number of carbonyl (C=O) groups excluding carboxylic acids is 1. The van der Waals surface area contributed by atoms with Gasteiger partial charge in [0, 0.05) is 23.2 Å². The highest BCUT2D eigenvalue weighted by Gasteiger charge is 2.31. The zero-order valence-corrected chi connectivity index (χ0v) is 20.2. The van der Waals surface area contributed by atoms with Crippen LogP contribution in [0.5, 0.6) is 11.6 Å². The van der Waals surface area contributed by atoms with Gasteiger partial charge in [-0.1, -0.05) is 6.92 Å². The van der Waals surface area contributed by atoms with Gasteiger partial charge in [-0.3, -0.25) is 4.79 Å². The Balaban J connectivity index is 2.07. The number of carbonyl (C=O) groups is 2. The molecule has 11 heteroatoms. The summed E-state index contributed by atoms with van der Waals surface area (Å²) in [7, 11) is -4.01. The molecule has 1 atom stereocenters. The number of aromatic carboxylic acids is 1. The molecule has 0 aliphatic heterocycles. The van der Waals surface area contributed by atoms with Crippen molar-refractivity contribution in [3.05, 3.63) is 29.5 Å². The molecule has 3 rings (SSSR count). The van der Waals surface area contributed by atoms with Gasteiger partial charge >= 0.3 is 5.97 Å². The zero-order chi connectivity index (χ0) is 24.5. The maximum atomic E-state index is 13.2. The van der Waals surface area contributed by atoms with Gasteiger partial charge in [-0.15, -0.1) is 0 Å². The van der Waals surface area contributed by atoms with Crippen LogP contribution in [0.1, 0.15) is 69.1 Å². The molecule has 0 saturated heterocycles. The molecule has 33 heavy (non-hydrogen) atoms. The zero-order valence-electron chi connectivity index (χ0n) is 19.4. The number of nitrogens with one attached hydrogen (secondary N) is 2. The molecule has 0 unspecified atom stereocenters. The van der Waals surface area contributed by atoms with Gasteiger partial charge in [0.2, 0.25) is 21.8 Å². The number of rotatable bonds is 10. The lowest BCUT2D eigenvalue weighted by Gasteiger charge is -2.18. The molecule has 1 saturated carbocycles. The van der Waals surface area contributed by atoms with Crippen LogP contribution >= 0.6 is 0 Å². The average Bonchev–Trinajstić information content (AvgIpc) is 3.53. The first-order valence-corrected chi connectivity index (χ1v) is 12.4. The van der Waals surface area contributed by atoms with E-state index in [4.69, 9.17) is 4.74 Å². The van der Waals surface area contributed by atoms with Gasteiger partial charge in [0.05, 0.1) is 6.04 Å². The van der Waals surface area contributed by atoms with E-state index in [0.29, 0.717) is 12.1 Å². The molecule has 10 nitrogen and oxygen atoms in total. The van der Waals surface area contributed by atoms with Gasteiger partial charge in [-0.05, 0) is 65.2 Å². The second-order valence-corrected chi connectivity index (χ2v) is 10.3.